The fourth-order valence-electron chi connectivity index (χ4n) is 2.39. The Kier molecular flexibility index (Phi) is 9.08. The number of thiocarbonyl (C=S) groups is 1. The van der Waals surface area contributed by atoms with E-state index < -0.39 is 0 Å². The topological polar surface area (TPSA) is 79.5 Å². The van der Waals surface area contributed by atoms with Crippen LogP contribution in [-0.2, 0) is 4.79 Å². The first-order chi connectivity index (χ1) is 13.9. The number of ether oxygens (including phenoxy) is 1. The lowest BCUT2D eigenvalue weighted by Gasteiger charge is -2.14. The quantitative estimate of drug-likeness (QED) is 0.363. The summed E-state index contributed by atoms with van der Waals surface area (Å²) in [5, 5.41) is 8.55. The van der Waals surface area contributed by atoms with Gasteiger partial charge < -0.3 is 15.4 Å². The standard InChI is InChI=1S/C21H24BrN3O3S/c1-3-5-11-28-18-10-9-14(22)12-17(18)20(27)25-21(29)24-16-8-6-7-15(13-16)23-19(26)4-2/h6-10,12-13H,3-5,11H2,1-2H3,(H,23,26)(H2,24,25,27,29). The van der Waals surface area contributed by atoms with Gasteiger partial charge in [-0.3, -0.25) is 14.9 Å². The van der Waals surface area contributed by atoms with Gasteiger partial charge in [-0.05, 0) is 55.0 Å². The zero-order chi connectivity index (χ0) is 21.2. The van der Waals surface area contributed by atoms with Gasteiger partial charge in [-0.1, -0.05) is 42.3 Å². The lowest BCUT2D eigenvalue weighted by atomic mass is 10.2. The van der Waals surface area contributed by atoms with E-state index in [-0.39, 0.29) is 16.9 Å². The minimum Gasteiger partial charge on any atom is -0.493 e. The summed E-state index contributed by atoms with van der Waals surface area (Å²) in [6.07, 6.45) is 2.30. The van der Waals surface area contributed by atoms with E-state index >= 15 is 0 Å². The van der Waals surface area contributed by atoms with Crippen LogP contribution in [0.3, 0.4) is 0 Å². The van der Waals surface area contributed by atoms with Crippen molar-refractivity contribution in [2.24, 2.45) is 0 Å². The number of benzene rings is 2. The third-order valence-electron chi connectivity index (χ3n) is 3.89. The molecule has 0 heterocycles. The first-order valence-electron chi connectivity index (χ1n) is 9.37. The highest BCUT2D eigenvalue weighted by atomic mass is 79.9. The highest BCUT2D eigenvalue weighted by molar-refractivity contribution is 9.10. The summed E-state index contributed by atoms with van der Waals surface area (Å²) >= 11 is 8.65. The summed E-state index contributed by atoms with van der Waals surface area (Å²) in [7, 11) is 0. The summed E-state index contributed by atoms with van der Waals surface area (Å²) in [6.45, 7) is 4.40. The molecule has 0 aromatic heterocycles. The molecule has 2 aromatic carbocycles. The highest BCUT2D eigenvalue weighted by Gasteiger charge is 2.15. The van der Waals surface area contributed by atoms with E-state index in [1.165, 1.54) is 0 Å². The second-order valence-corrected chi connectivity index (χ2v) is 7.56. The van der Waals surface area contributed by atoms with Gasteiger partial charge in [-0.2, -0.15) is 0 Å². The third kappa shape index (κ3) is 7.47. The Morgan fingerprint density at radius 3 is 2.48 bits per heavy atom. The molecule has 0 saturated heterocycles. The minimum absolute atomic E-state index is 0.0803. The van der Waals surface area contributed by atoms with Crippen LogP contribution in [0.4, 0.5) is 11.4 Å². The molecule has 154 valence electrons. The molecule has 0 atom stereocenters. The molecule has 6 nitrogen and oxygen atoms in total. The minimum atomic E-state index is -0.370. The number of carbonyl (C=O) groups excluding carboxylic acids is 2. The van der Waals surface area contributed by atoms with E-state index in [1.807, 2.05) is 6.07 Å². The van der Waals surface area contributed by atoms with Gasteiger partial charge in [0.15, 0.2) is 5.11 Å². The zero-order valence-electron chi connectivity index (χ0n) is 16.4. The smallest absolute Gasteiger partial charge is 0.261 e. The normalized spacial score (nSPS) is 10.2. The van der Waals surface area contributed by atoms with Crippen molar-refractivity contribution in [1.29, 1.82) is 0 Å². The second kappa shape index (κ2) is 11.5. The molecule has 0 unspecified atom stereocenters. The molecular formula is C21H24BrN3O3S. The number of anilines is 2. The molecule has 29 heavy (non-hydrogen) atoms. The Labute approximate surface area is 184 Å². The predicted octanol–water partition coefficient (Wildman–Crippen LogP) is 5.10. The number of rotatable bonds is 8. The van der Waals surface area contributed by atoms with Crippen molar-refractivity contribution >= 4 is 56.4 Å². The molecule has 0 aliphatic carbocycles. The maximum Gasteiger partial charge on any atom is 0.261 e. The van der Waals surface area contributed by atoms with Gasteiger partial charge in [-0.15, -0.1) is 0 Å². The average Bonchev–Trinajstić information content (AvgIpc) is 2.69. The molecule has 0 radical (unpaired) electrons. The van der Waals surface area contributed by atoms with Crippen LogP contribution in [0, 0.1) is 0 Å². The SMILES string of the molecule is CCCCOc1ccc(Br)cc1C(=O)NC(=S)Nc1cccc(NC(=O)CC)c1. The molecule has 0 fully saturated rings. The molecule has 8 heteroatoms. The second-order valence-electron chi connectivity index (χ2n) is 6.23. The number of hydrogen-bond donors (Lipinski definition) is 3. The predicted molar refractivity (Wildman–Crippen MR) is 124 cm³/mol. The molecule has 2 aromatic rings. The summed E-state index contributed by atoms with van der Waals surface area (Å²) in [5.41, 5.74) is 1.69. The molecule has 0 saturated carbocycles. The van der Waals surface area contributed by atoms with E-state index in [9.17, 15) is 9.59 Å². The van der Waals surface area contributed by atoms with Crippen LogP contribution < -0.4 is 20.7 Å². The van der Waals surface area contributed by atoms with Gasteiger partial charge in [-0.25, -0.2) is 0 Å². The molecular weight excluding hydrogens is 454 g/mol. The van der Waals surface area contributed by atoms with Gasteiger partial charge in [0.2, 0.25) is 5.91 Å². The molecule has 2 rings (SSSR count). The van der Waals surface area contributed by atoms with Crippen molar-refractivity contribution in [1.82, 2.24) is 5.32 Å². The van der Waals surface area contributed by atoms with E-state index in [1.54, 1.807) is 43.3 Å². The fourth-order valence-corrected chi connectivity index (χ4v) is 2.96. The summed E-state index contributed by atoms with van der Waals surface area (Å²) in [6, 6.07) is 12.4. The van der Waals surface area contributed by atoms with E-state index in [2.05, 4.69) is 38.8 Å². The van der Waals surface area contributed by atoms with Crippen molar-refractivity contribution in [2.45, 2.75) is 33.1 Å². The summed E-state index contributed by atoms with van der Waals surface area (Å²) in [4.78, 5) is 24.2. The monoisotopic (exact) mass is 477 g/mol. The van der Waals surface area contributed by atoms with Crippen molar-refractivity contribution in [3.8, 4) is 5.75 Å². The van der Waals surface area contributed by atoms with Crippen LogP contribution in [0.1, 0.15) is 43.5 Å². The maximum absolute atomic E-state index is 12.7. The Morgan fingerprint density at radius 1 is 1.07 bits per heavy atom. The van der Waals surface area contributed by atoms with Crippen LogP contribution in [0.5, 0.6) is 5.75 Å². The Balaban J connectivity index is 2.04. The lowest BCUT2D eigenvalue weighted by molar-refractivity contribution is -0.115. The molecule has 0 spiro atoms. The lowest BCUT2D eigenvalue weighted by Crippen LogP contribution is -2.34. The van der Waals surface area contributed by atoms with Gasteiger partial charge in [0.25, 0.3) is 5.91 Å². The summed E-state index contributed by atoms with van der Waals surface area (Å²) < 4.78 is 6.50. The summed E-state index contributed by atoms with van der Waals surface area (Å²) in [5.74, 6) is 0.0558. The first kappa shape index (κ1) is 22.8. The Hall–Kier alpha value is -2.45. The largest absolute Gasteiger partial charge is 0.493 e. The van der Waals surface area contributed by atoms with E-state index in [4.69, 9.17) is 17.0 Å². The van der Waals surface area contributed by atoms with E-state index in [0.717, 1.165) is 17.3 Å². The van der Waals surface area contributed by atoms with E-state index in [0.29, 0.717) is 35.7 Å². The van der Waals surface area contributed by atoms with Gasteiger partial charge >= 0.3 is 0 Å². The number of nitrogens with one attached hydrogen (secondary N) is 3. The van der Waals surface area contributed by atoms with Crippen molar-refractivity contribution in [3.05, 3.63) is 52.5 Å². The first-order valence-corrected chi connectivity index (χ1v) is 10.6. The Bertz CT molecular complexity index is 889. The molecule has 2 amide bonds. The van der Waals surface area contributed by atoms with Crippen LogP contribution in [0.25, 0.3) is 0 Å². The van der Waals surface area contributed by atoms with Gasteiger partial charge in [0.05, 0.1) is 12.2 Å². The van der Waals surface area contributed by atoms with Gasteiger partial charge in [0.1, 0.15) is 5.75 Å². The number of amides is 2. The van der Waals surface area contributed by atoms with Crippen LogP contribution in [0.15, 0.2) is 46.9 Å². The maximum atomic E-state index is 12.7. The fraction of sp³-hybridized carbons (Fsp3) is 0.286. The van der Waals surface area contributed by atoms with Crippen LogP contribution in [0.2, 0.25) is 0 Å². The van der Waals surface area contributed by atoms with Crippen molar-refractivity contribution in [3.63, 3.8) is 0 Å². The van der Waals surface area contributed by atoms with Crippen LogP contribution in [-0.4, -0.2) is 23.5 Å². The van der Waals surface area contributed by atoms with Gasteiger partial charge in [0, 0.05) is 22.3 Å². The molecule has 0 aliphatic heterocycles. The molecule has 0 aliphatic rings. The number of carbonyl (C=O) groups is 2. The third-order valence-corrected chi connectivity index (χ3v) is 4.59. The molecule has 3 N–H and O–H groups in total. The van der Waals surface area contributed by atoms with Crippen molar-refractivity contribution < 1.29 is 14.3 Å². The number of halogens is 1. The highest BCUT2D eigenvalue weighted by Crippen LogP contribution is 2.24. The number of hydrogen-bond acceptors (Lipinski definition) is 4. The average molecular weight is 478 g/mol. The Morgan fingerprint density at radius 2 is 1.79 bits per heavy atom. The number of unbranched alkanes of at least 4 members (excludes halogenated alkanes) is 1. The molecule has 0 bridgehead atoms. The van der Waals surface area contributed by atoms with Crippen LogP contribution >= 0.6 is 28.1 Å². The van der Waals surface area contributed by atoms with Crippen molar-refractivity contribution in [2.75, 3.05) is 17.2 Å². The zero-order valence-corrected chi connectivity index (χ0v) is 18.8.